The molecule has 0 aliphatic rings. The minimum atomic E-state index is -0.372. The van der Waals surface area contributed by atoms with Gasteiger partial charge in [0, 0.05) is 0 Å². The second-order valence-corrected chi connectivity index (χ2v) is 5.25. The van der Waals surface area contributed by atoms with Gasteiger partial charge in [0.2, 0.25) is 0 Å². The Hall–Kier alpha value is -1.91. The van der Waals surface area contributed by atoms with Crippen molar-refractivity contribution in [1.29, 1.82) is 0 Å². The van der Waals surface area contributed by atoms with E-state index in [0.717, 1.165) is 12.0 Å². The van der Waals surface area contributed by atoms with Crippen LogP contribution in [0.25, 0.3) is 0 Å². The van der Waals surface area contributed by atoms with Gasteiger partial charge in [-0.15, -0.1) is 0 Å². The fourth-order valence-corrected chi connectivity index (χ4v) is 2.41. The first-order valence-corrected chi connectivity index (χ1v) is 6.91. The molecule has 4 heteroatoms. The Morgan fingerprint density at radius 2 is 1.95 bits per heavy atom. The molecule has 0 spiro atoms. The van der Waals surface area contributed by atoms with Gasteiger partial charge in [0.25, 0.3) is 0 Å². The normalized spacial score (nSPS) is 12.2. The molecule has 2 aromatic carbocycles. The van der Waals surface area contributed by atoms with Gasteiger partial charge in [0.1, 0.15) is 0 Å². The smallest absolute Gasteiger partial charge is 0.165 e. The fourth-order valence-electron chi connectivity index (χ4n) is 2.41. The lowest BCUT2D eigenvalue weighted by molar-refractivity contribution is 0.384. The lowest BCUT2D eigenvalue weighted by Gasteiger charge is -2.19. The van der Waals surface area contributed by atoms with Crippen molar-refractivity contribution in [3.05, 3.63) is 64.5 Å². The molecule has 0 heterocycles. The van der Waals surface area contributed by atoms with Gasteiger partial charge in [-0.25, -0.2) is 4.39 Å². The average Bonchev–Trinajstić information content (AvgIpc) is 2.49. The monoisotopic (exact) mass is 288 g/mol. The van der Waals surface area contributed by atoms with Crippen LogP contribution in [0.1, 0.15) is 28.3 Å². The van der Waals surface area contributed by atoms with Crippen molar-refractivity contribution in [2.45, 2.75) is 26.3 Å². The van der Waals surface area contributed by atoms with Gasteiger partial charge in [0.15, 0.2) is 11.6 Å². The maximum atomic E-state index is 13.5. The van der Waals surface area contributed by atoms with E-state index in [9.17, 15) is 4.39 Å². The summed E-state index contributed by atoms with van der Waals surface area (Å²) in [6.07, 6.45) is 0.735. The second kappa shape index (κ2) is 6.70. The highest BCUT2D eigenvalue weighted by molar-refractivity contribution is 5.35. The van der Waals surface area contributed by atoms with Gasteiger partial charge >= 0.3 is 0 Å². The number of hydrogen-bond acceptors (Lipinski definition) is 3. The van der Waals surface area contributed by atoms with Crippen molar-refractivity contribution in [2.24, 2.45) is 5.84 Å². The third kappa shape index (κ3) is 3.60. The van der Waals surface area contributed by atoms with Gasteiger partial charge in [-0.05, 0) is 49.1 Å². The quantitative estimate of drug-likeness (QED) is 0.656. The Morgan fingerprint density at radius 3 is 2.62 bits per heavy atom. The van der Waals surface area contributed by atoms with Crippen LogP contribution in [0.4, 0.5) is 4.39 Å². The van der Waals surface area contributed by atoms with Crippen molar-refractivity contribution in [1.82, 2.24) is 5.43 Å². The van der Waals surface area contributed by atoms with E-state index in [4.69, 9.17) is 10.6 Å². The maximum Gasteiger partial charge on any atom is 0.165 e. The Bertz CT molecular complexity index is 628. The van der Waals surface area contributed by atoms with Crippen LogP contribution in [0.2, 0.25) is 0 Å². The third-order valence-electron chi connectivity index (χ3n) is 3.71. The lowest BCUT2D eigenvalue weighted by atomic mass is 9.95. The molecule has 3 nitrogen and oxygen atoms in total. The van der Waals surface area contributed by atoms with Crippen LogP contribution < -0.4 is 16.0 Å². The number of aryl methyl sites for hydroxylation is 2. The molecule has 0 amide bonds. The summed E-state index contributed by atoms with van der Waals surface area (Å²) in [5, 5.41) is 0. The summed E-state index contributed by atoms with van der Waals surface area (Å²) in [7, 11) is 1.46. The first-order chi connectivity index (χ1) is 10.0. The molecule has 3 N–H and O–H groups in total. The van der Waals surface area contributed by atoms with Crippen LogP contribution in [-0.2, 0) is 6.42 Å². The Kier molecular flexibility index (Phi) is 4.94. The zero-order valence-electron chi connectivity index (χ0n) is 12.6. The highest BCUT2D eigenvalue weighted by Crippen LogP contribution is 2.25. The van der Waals surface area contributed by atoms with E-state index >= 15 is 0 Å². The maximum absolute atomic E-state index is 13.5. The molecule has 0 bridgehead atoms. The highest BCUT2D eigenvalue weighted by atomic mass is 19.1. The molecule has 0 radical (unpaired) electrons. The minimum Gasteiger partial charge on any atom is -0.494 e. The van der Waals surface area contributed by atoms with Crippen molar-refractivity contribution >= 4 is 0 Å². The molecule has 0 saturated carbocycles. The van der Waals surface area contributed by atoms with Crippen LogP contribution >= 0.6 is 0 Å². The van der Waals surface area contributed by atoms with E-state index in [2.05, 4.69) is 37.5 Å². The molecule has 112 valence electrons. The van der Waals surface area contributed by atoms with E-state index in [1.807, 2.05) is 0 Å². The summed E-state index contributed by atoms with van der Waals surface area (Å²) in [4.78, 5) is 0. The Morgan fingerprint density at radius 1 is 1.19 bits per heavy atom. The number of nitrogens with two attached hydrogens (primary N) is 1. The summed E-state index contributed by atoms with van der Waals surface area (Å²) in [5.41, 5.74) is 7.36. The van der Waals surface area contributed by atoms with Crippen LogP contribution in [0.15, 0.2) is 36.4 Å². The Balaban J connectivity index is 2.29. The predicted octanol–water partition coefficient (Wildman–Crippen LogP) is 3.20. The summed E-state index contributed by atoms with van der Waals surface area (Å²) < 4.78 is 18.5. The van der Waals surface area contributed by atoms with Gasteiger partial charge in [0.05, 0.1) is 13.2 Å². The van der Waals surface area contributed by atoms with Gasteiger partial charge < -0.3 is 4.74 Å². The van der Waals surface area contributed by atoms with Crippen molar-refractivity contribution in [3.8, 4) is 5.75 Å². The summed E-state index contributed by atoms with van der Waals surface area (Å²) in [6, 6.07) is 11.1. The van der Waals surface area contributed by atoms with E-state index in [1.165, 1.54) is 29.9 Å². The molecule has 0 aromatic heterocycles. The molecule has 2 rings (SSSR count). The van der Waals surface area contributed by atoms with Crippen molar-refractivity contribution < 1.29 is 9.13 Å². The molecule has 0 saturated heterocycles. The zero-order chi connectivity index (χ0) is 15.4. The largest absolute Gasteiger partial charge is 0.494 e. The summed E-state index contributed by atoms with van der Waals surface area (Å²) >= 11 is 0. The number of nitrogens with one attached hydrogen (secondary N) is 1. The first-order valence-electron chi connectivity index (χ1n) is 6.91. The van der Waals surface area contributed by atoms with Gasteiger partial charge in [-0.1, -0.05) is 29.8 Å². The second-order valence-electron chi connectivity index (χ2n) is 5.25. The number of ether oxygens (including phenoxy) is 1. The van der Waals surface area contributed by atoms with E-state index in [0.29, 0.717) is 0 Å². The number of halogens is 1. The zero-order valence-corrected chi connectivity index (χ0v) is 12.6. The van der Waals surface area contributed by atoms with Crippen molar-refractivity contribution in [2.75, 3.05) is 7.11 Å². The van der Waals surface area contributed by atoms with Crippen LogP contribution in [-0.4, -0.2) is 7.11 Å². The van der Waals surface area contributed by atoms with Gasteiger partial charge in [-0.3, -0.25) is 11.3 Å². The number of hydrazine groups is 1. The molecule has 0 fully saturated rings. The molecule has 0 aliphatic heterocycles. The molecule has 1 atom stereocenters. The average molecular weight is 288 g/mol. The third-order valence-corrected chi connectivity index (χ3v) is 3.71. The first kappa shape index (κ1) is 15.5. The highest BCUT2D eigenvalue weighted by Gasteiger charge is 2.14. The lowest BCUT2D eigenvalue weighted by Crippen LogP contribution is -2.29. The summed E-state index contributed by atoms with van der Waals surface area (Å²) in [6.45, 7) is 4.14. The molecule has 0 aliphatic carbocycles. The topological polar surface area (TPSA) is 47.3 Å². The number of benzene rings is 2. The molecular weight excluding hydrogens is 267 g/mol. The van der Waals surface area contributed by atoms with Crippen molar-refractivity contribution in [3.63, 3.8) is 0 Å². The molecule has 1 unspecified atom stereocenters. The van der Waals surface area contributed by atoms with E-state index in [1.54, 1.807) is 12.1 Å². The number of rotatable bonds is 5. The fraction of sp³-hybridized carbons (Fsp3) is 0.294. The molecular formula is C17H21FN2O. The number of methoxy groups -OCH3 is 1. The standard InChI is InChI=1S/C17H21FN2O/c1-11-4-5-12(2)14(8-11)9-16(20-19)13-6-7-15(18)17(10-13)21-3/h4-8,10,16,20H,9,19H2,1-3H3. The van der Waals surface area contributed by atoms with E-state index < -0.39 is 0 Å². The Labute approximate surface area is 124 Å². The van der Waals surface area contributed by atoms with Crippen LogP contribution in [0.3, 0.4) is 0 Å². The minimum absolute atomic E-state index is 0.0972. The summed E-state index contributed by atoms with van der Waals surface area (Å²) in [5.74, 6) is 5.54. The predicted molar refractivity (Wildman–Crippen MR) is 82.6 cm³/mol. The SMILES string of the molecule is COc1cc(C(Cc2cc(C)ccc2C)NN)ccc1F. The van der Waals surface area contributed by atoms with E-state index in [-0.39, 0.29) is 17.6 Å². The van der Waals surface area contributed by atoms with Crippen LogP contribution in [0.5, 0.6) is 5.75 Å². The molecule has 2 aromatic rings. The van der Waals surface area contributed by atoms with Gasteiger partial charge in [-0.2, -0.15) is 0 Å². The number of hydrogen-bond donors (Lipinski definition) is 2. The van der Waals surface area contributed by atoms with Crippen LogP contribution in [0, 0.1) is 19.7 Å². The molecule has 21 heavy (non-hydrogen) atoms.